The first-order valence-corrected chi connectivity index (χ1v) is 5.17. The van der Waals surface area contributed by atoms with Gasteiger partial charge in [-0.25, -0.2) is 0 Å². The predicted octanol–water partition coefficient (Wildman–Crippen LogP) is 2.18. The molecule has 1 N–H and O–H groups in total. The van der Waals surface area contributed by atoms with Crippen molar-refractivity contribution < 1.29 is 0 Å². The van der Waals surface area contributed by atoms with Crippen LogP contribution in [0.4, 0.5) is 0 Å². The van der Waals surface area contributed by atoms with Crippen molar-refractivity contribution in [3.63, 3.8) is 0 Å². The van der Waals surface area contributed by atoms with Crippen LogP contribution in [0.1, 0.15) is 38.5 Å². The molecule has 0 radical (unpaired) electrons. The molecule has 0 amide bonds. The summed E-state index contributed by atoms with van der Waals surface area (Å²) >= 11 is 0. The third-order valence-corrected chi connectivity index (χ3v) is 3.41. The second kappa shape index (κ2) is 3.57. The van der Waals surface area contributed by atoms with Gasteiger partial charge in [-0.2, -0.15) is 0 Å². The van der Waals surface area contributed by atoms with Gasteiger partial charge in [0, 0.05) is 0 Å². The van der Waals surface area contributed by atoms with Crippen molar-refractivity contribution in [2.75, 3.05) is 13.1 Å². The maximum absolute atomic E-state index is 3.47. The third-order valence-electron chi connectivity index (χ3n) is 3.41. The van der Waals surface area contributed by atoms with Crippen molar-refractivity contribution in [2.45, 2.75) is 38.5 Å². The summed E-state index contributed by atoms with van der Waals surface area (Å²) < 4.78 is 0. The lowest BCUT2D eigenvalue weighted by Crippen LogP contribution is -2.20. The Morgan fingerprint density at radius 2 is 1.64 bits per heavy atom. The molecule has 0 spiro atoms. The third kappa shape index (κ3) is 1.76. The van der Waals surface area contributed by atoms with Crippen LogP contribution in [0, 0.1) is 11.8 Å². The van der Waals surface area contributed by atoms with Crippen molar-refractivity contribution in [1.82, 2.24) is 5.32 Å². The van der Waals surface area contributed by atoms with E-state index in [1.54, 1.807) is 0 Å². The molecule has 1 unspecified atom stereocenters. The molecule has 1 saturated carbocycles. The lowest BCUT2D eigenvalue weighted by atomic mass is 9.80. The Morgan fingerprint density at radius 1 is 0.818 bits per heavy atom. The molecule has 64 valence electrons. The van der Waals surface area contributed by atoms with Crippen LogP contribution >= 0.6 is 0 Å². The summed E-state index contributed by atoms with van der Waals surface area (Å²) in [5.74, 6) is 2.12. The van der Waals surface area contributed by atoms with Crippen LogP contribution in [0.2, 0.25) is 0 Å². The molecule has 1 nitrogen and oxygen atoms in total. The number of nitrogens with one attached hydrogen (secondary N) is 1. The number of hydrogen-bond acceptors (Lipinski definition) is 1. The molecule has 1 aliphatic carbocycles. The Hall–Kier alpha value is -0.0400. The van der Waals surface area contributed by atoms with Gasteiger partial charge in [0.15, 0.2) is 0 Å². The van der Waals surface area contributed by atoms with E-state index in [0.29, 0.717) is 0 Å². The highest BCUT2D eigenvalue weighted by Crippen LogP contribution is 2.32. The molecular formula is C10H19N. The first-order valence-electron chi connectivity index (χ1n) is 5.17. The van der Waals surface area contributed by atoms with Crippen LogP contribution in [-0.4, -0.2) is 13.1 Å². The van der Waals surface area contributed by atoms with E-state index in [2.05, 4.69) is 5.32 Å². The monoisotopic (exact) mass is 153 g/mol. The van der Waals surface area contributed by atoms with E-state index in [0.717, 1.165) is 11.8 Å². The van der Waals surface area contributed by atoms with E-state index in [1.807, 2.05) is 0 Å². The molecule has 0 bridgehead atoms. The molecule has 2 aliphatic rings. The Morgan fingerprint density at radius 3 is 2.27 bits per heavy atom. The van der Waals surface area contributed by atoms with E-state index < -0.39 is 0 Å². The molecule has 2 fully saturated rings. The minimum Gasteiger partial charge on any atom is -0.316 e. The first-order chi connectivity index (χ1) is 5.47. The summed E-state index contributed by atoms with van der Waals surface area (Å²) in [6, 6.07) is 0. The van der Waals surface area contributed by atoms with Crippen LogP contribution in [0.15, 0.2) is 0 Å². The lowest BCUT2D eigenvalue weighted by molar-refractivity contribution is 0.263. The van der Waals surface area contributed by atoms with Gasteiger partial charge in [0.05, 0.1) is 0 Å². The first kappa shape index (κ1) is 7.60. The Kier molecular flexibility index (Phi) is 2.47. The maximum Gasteiger partial charge on any atom is -0.00174 e. The van der Waals surface area contributed by atoms with E-state index in [4.69, 9.17) is 0 Å². The number of hydrogen-bond donors (Lipinski definition) is 1. The minimum absolute atomic E-state index is 1.04. The molecule has 1 atom stereocenters. The standard InChI is InChI=1S/C10H19N/c1-2-4-9(5-3-1)10-6-7-11-8-10/h9-11H,1-8H2. The van der Waals surface area contributed by atoms with Crippen molar-refractivity contribution in [1.29, 1.82) is 0 Å². The molecule has 1 heterocycles. The van der Waals surface area contributed by atoms with Crippen LogP contribution < -0.4 is 5.32 Å². The highest BCUT2D eigenvalue weighted by molar-refractivity contribution is 4.80. The van der Waals surface area contributed by atoms with Crippen molar-refractivity contribution in [2.24, 2.45) is 11.8 Å². The van der Waals surface area contributed by atoms with Crippen molar-refractivity contribution >= 4 is 0 Å². The van der Waals surface area contributed by atoms with Gasteiger partial charge in [0.25, 0.3) is 0 Å². The fourth-order valence-electron chi connectivity index (χ4n) is 2.68. The largest absolute Gasteiger partial charge is 0.316 e. The molecular weight excluding hydrogens is 134 g/mol. The smallest absolute Gasteiger partial charge is 0.00174 e. The second-order valence-corrected chi connectivity index (χ2v) is 4.15. The minimum atomic E-state index is 1.04. The van der Waals surface area contributed by atoms with E-state index in [-0.39, 0.29) is 0 Å². The molecule has 0 aromatic rings. The molecule has 1 saturated heterocycles. The Bertz CT molecular complexity index is 110. The highest BCUT2D eigenvalue weighted by Gasteiger charge is 2.25. The zero-order valence-corrected chi connectivity index (χ0v) is 7.31. The van der Waals surface area contributed by atoms with Gasteiger partial charge in [-0.05, 0) is 31.3 Å². The van der Waals surface area contributed by atoms with E-state index in [1.165, 1.54) is 51.6 Å². The van der Waals surface area contributed by atoms with Crippen molar-refractivity contribution in [3.8, 4) is 0 Å². The summed E-state index contributed by atoms with van der Waals surface area (Å²) in [5, 5.41) is 3.47. The molecule has 0 aromatic carbocycles. The lowest BCUT2D eigenvalue weighted by Gasteiger charge is -2.26. The number of rotatable bonds is 1. The zero-order chi connectivity index (χ0) is 7.52. The highest BCUT2D eigenvalue weighted by atomic mass is 14.9. The quantitative estimate of drug-likeness (QED) is 0.609. The van der Waals surface area contributed by atoms with E-state index >= 15 is 0 Å². The predicted molar refractivity (Wildman–Crippen MR) is 47.6 cm³/mol. The maximum atomic E-state index is 3.47. The molecule has 1 aliphatic heterocycles. The van der Waals surface area contributed by atoms with Gasteiger partial charge in [0.1, 0.15) is 0 Å². The fraction of sp³-hybridized carbons (Fsp3) is 1.00. The van der Waals surface area contributed by atoms with Gasteiger partial charge in [-0.3, -0.25) is 0 Å². The summed E-state index contributed by atoms with van der Waals surface area (Å²) in [6.07, 6.45) is 8.99. The Labute approximate surface area is 69.6 Å². The summed E-state index contributed by atoms with van der Waals surface area (Å²) in [7, 11) is 0. The molecule has 1 heteroatoms. The molecule has 11 heavy (non-hydrogen) atoms. The van der Waals surface area contributed by atoms with Gasteiger partial charge in [-0.15, -0.1) is 0 Å². The zero-order valence-electron chi connectivity index (χ0n) is 7.31. The second-order valence-electron chi connectivity index (χ2n) is 4.15. The van der Waals surface area contributed by atoms with Gasteiger partial charge in [0.2, 0.25) is 0 Å². The normalized spacial score (nSPS) is 34.4. The van der Waals surface area contributed by atoms with Crippen molar-refractivity contribution in [3.05, 3.63) is 0 Å². The van der Waals surface area contributed by atoms with Gasteiger partial charge in [-0.1, -0.05) is 32.1 Å². The van der Waals surface area contributed by atoms with E-state index in [9.17, 15) is 0 Å². The average Bonchev–Trinajstić information content (AvgIpc) is 2.58. The van der Waals surface area contributed by atoms with Crippen LogP contribution in [-0.2, 0) is 0 Å². The average molecular weight is 153 g/mol. The van der Waals surface area contributed by atoms with Crippen LogP contribution in [0.25, 0.3) is 0 Å². The van der Waals surface area contributed by atoms with Crippen LogP contribution in [0.5, 0.6) is 0 Å². The fourth-order valence-corrected chi connectivity index (χ4v) is 2.68. The van der Waals surface area contributed by atoms with Gasteiger partial charge < -0.3 is 5.32 Å². The summed E-state index contributed by atoms with van der Waals surface area (Å²) in [4.78, 5) is 0. The Balaban J connectivity index is 1.82. The SMILES string of the molecule is C1CCC(C2CCNC2)CC1. The van der Waals surface area contributed by atoms with Gasteiger partial charge >= 0.3 is 0 Å². The van der Waals surface area contributed by atoms with Crippen LogP contribution in [0.3, 0.4) is 0 Å². The summed E-state index contributed by atoms with van der Waals surface area (Å²) in [5.41, 5.74) is 0. The molecule has 0 aromatic heterocycles. The summed E-state index contributed by atoms with van der Waals surface area (Å²) in [6.45, 7) is 2.59. The molecule has 2 rings (SSSR count). The topological polar surface area (TPSA) is 12.0 Å².